The third-order valence-electron chi connectivity index (χ3n) is 3.88. The van der Waals surface area contributed by atoms with Gasteiger partial charge in [-0.3, -0.25) is 4.79 Å². The number of carbonyl (C=O) groups is 2. The second-order valence-electron chi connectivity index (χ2n) is 8.17. The van der Waals surface area contributed by atoms with Gasteiger partial charge >= 0.3 is 12.1 Å². The molecule has 196 valence electrons. The van der Waals surface area contributed by atoms with Gasteiger partial charge in [-0.1, -0.05) is 19.8 Å². The Morgan fingerprint density at radius 1 is 0.667 bits per heavy atom. The van der Waals surface area contributed by atoms with E-state index in [0.29, 0.717) is 79.0 Å². The highest BCUT2D eigenvalue weighted by Gasteiger charge is 2.15. The molecule has 0 aromatic rings. The summed E-state index contributed by atoms with van der Waals surface area (Å²) in [6, 6.07) is 0. The maximum Gasteiger partial charge on any atom is 0.407 e. The lowest BCUT2D eigenvalue weighted by Gasteiger charge is -2.19. The number of esters is 1. The van der Waals surface area contributed by atoms with Gasteiger partial charge in [-0.25, -0.2) is 4.79 Å². The molecule has 0 aromatic carbocycles. The number of alkyl carbamates (subject to hydrolysis) is 1. The first-order valence-electron chi connectivity index (χ1n) is 11.9. The minimum absolute atomic E-state index is 0.162. The molecular formula is C23H45NO9. The zero-order valence-electron chi connectivity index (χ0n) is 21.0. The number of ether oxygens (including phenoxy) is 7. The van der Waals surface area contributed by atoms with Crippen molar-refractivity contribution in [2.75, 3.05) is 79.2 Å². The van der Waals surface area contributed by atoms with E-state index in [0.717, 1.165) is 19.3 Å². The van der Waals surface area contributed by atoms with Gasteiger partial charge in [-0.05, 0) is 27.2 Å². The van der Waals surface area contributed by atoms with Crippen LogP contribution in [0.5, 0.6) is 0 Å². The predicted octanol–water partition coefficient (Wildman–Crippen LogP) is 2.72. The number of hydrogen-bond acceptors (Lipinski definition) is 9. The second kappa shape index (κ2) is 22.3. The van der Waals surface area contributed by atoms with Crippen molar-refractivity contribution in [3.05, 3.63) is 0 Å². The molecule has 1 N–H and O–H groups in total. The van der Waals surface area contributed by atoms with Crippen LogP contribution < -0.4 is 5.32 Å². The summed E-state index contributed by atoms with van der Waals surface area (Å²) in [4.78, 5) is 22.8. The molecule has 0 aliphatic heterocycles. The fourth-order valence-corrected chi connectivity index (χ4v) is 2.33. The van der Waals surface area contributed by atoms with Gasteiger partial charge in [0.2, 0.25) is 0 Å². The molecule has 0 aromatic heterocycles. The molecule has 1 amide bonds. The Balaban J connectivity index is 3.17. The Labute approximate surface area is 198 Å². The van der Waals surface area contributed by atoms with Gasteiger partial charge in [0.1, 0.15) is 12.2 Å². The van der Waals surface area contributed by atoms with Gasteiger partial charge in [0.15, 0.2) is 0 Å². The lowest BCUT2D eigenvalue weighted by molar-refractivity contribution is -0.145. The molecule has 0 unspecified atom stereocenters. The van der Waals surface area contributed by atoms with Crippen LogP contribution >= 0.6 is 0 Å². The van der Waals surface area contributed by atoms with Crippen molar-refractivity contribution in [3.8, 4) is 0 Å². The summed E-state index contributed by atoms with van der Waals surface area (Å²) < 4.78 is 37.1. The molecule has 0 bridgehead atoms. The zero-order valence-corrected chi connectivity index (χ0v) is 21.0. The van der Waals surface area contributed by atoms with E-state index >= 15 is 0 Å². The van der Waals surface area contributed by atoms with Crippen LogP contribution in [0.15, 0.2) is 0 Å². The van der Waals surface area contributed by atoms with Gasteiger partial charge in [0.25, 0.3) is 0 Å². The summed E-state index contributed by atoms with van der Waals surface area (Å²) in [5.74, 6) is -0.162. The van der Waals surface area contributed by atoms with Gasteiger partial charge < -0.3 is 38.5 Å². The van der Waals surface area contributed by atoms with Crippen LogP contribution in [0.3, 0.4) is 0 Å². The molecule has 10 nitrogen and oxygen atoms in total. The van der Waals surface area contributed by atoms with Crippen LogP contribution in [0.4, 0.5) is 4.79 Å². The van der Waals surface area contributed by atoms with E-state index in [1.807, 2.05) is 20.8 Å². The van der Waals surface area contributed by atoms with Crippen molar-refractivity contribution in [2.24, 2.45) is 0 Å². The SMILES string of the molecule is CCCCCC(=O)OCCOCCOCCOCCOCCOCCNC(=O)OC(C)(C)C. The van der Waals surface area contributed by atoms with Crippen LogP contribution in [0.1, 0.15) is 53.4 Å². The largest absolute Gasteiger partial charge is 0.463 e. The average molecular weight is 480 g/mol. The van der Waals surface area contributed by atoms with Crippen molar-refractivity contribution in [1.29, 1.82) is 0 Å². The number of nitrogens with one attached hydrogen (secondary N) is 1. The molecule has 0 rings (SSSR count). The van der Waals surface area contributed by atoms with E-state index in [4.69, 9.17) is 33.2 Å². The first-order chi connectivity index (χ1) is 15.8. The summed E-state index contributed by atoms with van der Waals surface area (Å²) in [6.45, 7) is 12.7. The maximum atomic E-state index is 11.4. The standard InChI is InChI=1S/C23H45NO9/c1-5-6-7-8-21(25)32-20-19-31-18-17-30-16-15-29-14-13-28-12-11-27-10-9-24-22(26)33-23(2,3)4/h5-20H2,1-4H3,(H,24,26). The fourth-order valence-electron chi connectivity index (χ4n) is 2.33. The fraction of sp³-hybridized carbons (Fsp3) is 0.913. The van der Waals surface area contributed by atoms with Crippen molar-refractivity contribution in [2.45, 2.75) is 59.0 Å². The van der Waals surface area contributed by atoms with Gasteiger partial charge in [0, 0.05) is 13.0 Å². The number of carbonyl (C=O) groups excluding carboxylic acids is 2. The molecule has 0 heterocycles. The first kappa shape index (κ1) is 31.5. The van der Waals surface area contributed by atoms with E-state index in [1.165, 1.54) is 0 Å². The monoisotopic (exact) mass is 479 g/mol. The molecular weight excluding hydrogens is 434 g/mol. The highest BCUT2D eigenvalue weighted by atomic mass is 16.6. The highest BCUT2D eigenvalue weighted by molar-refractivity contribution is 5.69. The molecule has 0 spiro atoms. The van der Waals surface area contributed by atoms with Gasteiger partial charge in [-0.15, -0.1) is 0 Å². The van der Waals surface area contributed by atoms with Crippen molar-refractivity contribution >= 4 is 12.1 Å². The normalized spacial score (nSPS) is 11.4. The van der Waals surface area contributed by atoms with Crippen molar-refractivity contribution in [1.82, 2.24) is 5.32 Å². The van der Waals surface area contributed by atoms with E-state index in [9.17, 15) is 9.59 Å². The van der Waals surface area contributed by atoms with Gasteiger partial charge in [-0.2, -0.15) is 0 Å². The molecule has 33 heavy (non-hydrogen) atoms. The Hall–Kier alpha value is -1.46. The van der Waals surface area contributed by atoms with E-state index < -0.39 is 11.7 Å². The molecule has 0 radical (unpaired) electrons. The highest BCUT2D eigenvalue weighted by Crippen LogP contribution is 2.06. The predicted molar refractivity (Wildman–Crippen MR) is 123 cm³/mol. The number of amides is 1. The topological polar surface area (TPSA) is 111 Å². The smallest absolute Gasteiger partial charge is 0.407 e. The van der Waals surface area contributed by atoms with E-state index in [1.54, 1.807) is 0 Å². The van der Waals surface area contributed by atoms with Crippen molar-refractivity contribution in [3.63, 3.8) is 0 Å². The summed E-state index contributed by atoms with van der Waals surface area (Å²) in [5, 5.41) is 2.62. The molecule has 0 saturated heterocycles. The maximum absolute atomic E-state index is 11.4. The van der Waals surface area contributed by atoms with Crippen LogP contribution in [-0.2, 0) is 38.0 Å². The minimum Gasteiger partial charge on any atom is -0.463 e. The average Bonchev–Trinajstić information content (AvgIpc) is 2.74. The van der Waals surface area contributed by atoms with E-state index in [2.05, 4.69) is 12.2 Å². The Kier molecular flexibility index (Phi) is 21.3. The molecule has 0 atom stereocenters. The molecule has 0 fully saturated rings. The quantitative estimate of drug-likeness (QED) is 0.185. The summed E-state index contributed by atoms with van der Waals surface area (Å²) in [6.07, 6.45) is 3.04. The molecule has 0 saturated carbocycles. The number of rotatable bonds is 22. The number of hydrogen-bond donors (Lipinski definition) is 1. The van der Waals surface area contributed by atoms with Gasteiger partial charge in [0.05, 0.1) is 66.1 Å². The lowest BCUT2D eigenvalue weighted by Crippen LogP contribution is -2.34. The Bertz CT molecular complexity index is 469. The summed E-state index contributed by atoms with van der Waals surface area (Å²) in [5.41, 5.74) is -0.506. The third-order valence-corrected chi connectivity index (χ3v) is 3.88. The lowest BCUT2D eigenvalue weighted by atomic mass is 10.2. The van der Waals surface area contributed by atoms with E-state index in [-0.39, 0.29) is 12.6 Å². The van der Waals surface area contributed by atoms with Crippen LogP contribution in [0.25, 0.3) is 0 Å². The van der Waals surface area contributed by atoms with Crippen LogP contribution in [0.2, 0.25) is 0 Å². The minimum atomic E-state index is -0.506. The molecule has 0 aliphatic rings. The third kappa shape index (κ3) is 26.7. The molecule has 10 heteroatoms. The van der Waals surface area contributed by atoms with Crippen molar-refractivity contribution < 1.29 is 42.7 Å². The summed E-state index contributed by atoms with van der Waals surface area (Å²) in [7, 11) is 0. The second-order valence-corrected chi connectivity index (χ2v) is 8.17. The van der Waals surface area contributed by atoms with Crippen LogP contribution in [-0.4, -0.2) is 96.9 Å². The first-order valence-corrected chi connectivity index (χ1v) is 11.9. The zero-order chi connectivity index (χ0) is 24.6. The molecule has 0 aliphatic carbocycles. The Morgan fingerprint density at radius 3 is 1.58 bits per heavy atom. The number of unbranched alkanes of at least 4 members (excludes halogenated alkanes) is 2. The summed E-state index contributed by atoms with van der Waals surface area (Å²) >= 11 is 0. The van der Waals surface area contributed by atoms with Crippen LogP contribution in [0, 0.1) is 0 Å². The Morgan fingerprint density at radius 2 is 1.12 bits per heavy atom.